The number of rotatable bonds is 7. The predicted octanol–water partition coefficient (Wildman–Crippen LogP) is 1.38. The van der Waals surface area contributed by atoms with Crippen molar-refractivity contribution in [3.8, 4) is 0 Å². The molecule has 1 fully saturated rings. The number of amides is 1. The Kier molecular flexibility index (Phi) is 5.05. The number of carbonyl (C=O) groups is 1. The minimum Gasteiger partial charge on any atom is -0.383 e. The van der Waals surface area contributed by atoms with Crippen molar-refractivity contribution in [2.75, 3.05) is 30.3 Å². The van der Waals surface area contributed by atoms with Crippen LogP contribution in [0.25, 0.3) is 0 Å². The number of aromatic nitrogens is 2. The first-order valence-electron chi connectivity index (χ1n) is 6.89. The van der Waals surface area contributed by atoms with Gasteiger partial charge in [0.05, 0.1) is 5.75 Å². The van der Waals surface area contributed by atoms with Crippen molar-refractivity contribution in [2.24, 2.45) is 5.92 Å². The van der Waals surface area contributed by atoms with Crippen LogP contribution in [0.2, 0.25) is 0 Å². The van der Waals surface area contributed by atoms with Gasteiger partial charge in [-0.3, -0.25) is 4.79 Å². The molecule has 6 nitrogen and oxygen atoms in total. The Morgan fingerprint density at radius 1 is 1.40 bits per heavy atom. The van der Waals surface area contributed by atoms with Crippen LogP contribution in [-0.4, -0.2) is 39.6 Å². The summed E-state index contributed by atoms with van der Waals surface area (Å²) in [6, 6.07) is 1.50. The summed E-state index contributed by atoms with van der Waals surface area (Å²) in [4.78, 5) is 22.3. The lowest BCUT2D eigenvalue weighted by Crippen LogP contribution is -2.35. The van der Waals surface area contributed by atoms with Gasteiger partial charge in [-0.25, -0.2) is 9.97 Å². The minimum atomic E-state index is 0.133. The molecular weight excluding hydrogens is 274 g/mol. The molecule has 0 spiro atoms. The SMILES string of the molecule is CCCN(CC1CC1)C(=O)CSc1nc(N)cc(N)n1. The number of nitrogen functional groups attached to an aromatic ring is 2. The lowest BCUT2D eigenvalue weighted by atomic mass is 10.3. The summed E-state index contributed by atoms with van der Waals surface area (Å²) in [7, 11) is 0. The molecule has 1 heterocycles. The zero-order chi connectivity index (χ0) is 14.5. The Labute approximate surface area is 123 Å². The smallest absolute Gasteiger partial charge is 0.233 e. The van der Waals surface area contributed by atoms with Crippen LogP contribution < -0.4 is 11.5 Å². The molecule has 0 aromatic carbocycles. The van der Waals surface area contributed by atoms with Crippen molar-refractivity contribution < 1.29 is 4.79 Å². The molecule has 0 saturated heterocycles. The van der Waals surface area contributed by atoms with Gasteiger partial charge in [-0.05, 0) is 25.2 Å². The molecule has 7 heteroatoms. The molecule has 0 aliphatic heterocycles. The maximum atomic E-state index is 12.2. The summed E-state index contributed by atoms with van der Waals surface area (Å²) in [6.45, 7) is 3.78. The standard InChI is InChI=1S/C13H21N5OS/c1-2-5-18(7-9-3-4-9)12(19)8-20-13-16-10(14)6-11(15)17-13/h6,9H,2-5,7-8H2,1H3,(H4,14,15,16,17). The second-order valence-corrected chi connectivity index (χ2v) is 6.01. The Hall–Kier alpha value is -1.50. The van der Waals surface area contributed by atoms with Crippen LogP contribution in [-0.2, 0) is 4.79 Å². The zero-order valence-corrected chi connectivity index (χ0v) is 12.5. The molecule has 2 rings (SSSR count). The first-order chi connectivity index (χ1) is 9.58. The van der Waals surface area contributed by atoms with E-state index in [1.165, 1.54) is 30.7 Å². The van der Waals surface area contributed by atoms with E-state index in [1.807, 2.05) is 4.90 Å². The summed E-state index contributed by atoms with van der Waals surface area (Å²) >= 11 is 1.29. The molecule has 0 radical (unpaired) electrons. The van der Waals surface area contributed by atoms with Crippen molar-refractivity contribution in [3.63, 3.8) is 0 Å². The highest BCUT2D eigenvalue weighted by molar-refractivity contribution is 7.99. The van der Waals surface area contributed by atoms with Gasteiger partial charge in [-0.15, -0.1) is 0 Å². The molecular formula is C13H21N5OS. The first-order valence-corrected chi connectivity index (χ1v) is 7.87. The third-order valence-electron chi connectivity index (χ3n) is 3.09. The highest BCUT2D eigenvalue weighted by Gasteiger charge is 2.26. The van der Waals surface area contributed by atoms with E-state index in [1.54, 1.807) is 0 Å². The van der Waals surface area contributed by atoms with E-state index in [4.69, 9.17) is 11.5 Å². The van der Waals surface area contributed by atoms with E-state index >= 15 is 0 Å². The van der Waals surface area contributed by atoms with E-state index in [-0.39, 0.29) is 5.91 Å². The summed E-state index contributed by atoms with van der Waals surface area (Å²) in [5.41, 5.74) is 11.2. The molecule has 0 unspecified atom stereocenters. The molecule has 1 amide bonds. The van der Waals surface area contributed by atoms with Crippen LogP contribution >= 0.6 is 11.8 Å². The van der Waals surface area contributed by atoms with Gasteiger partial charge >= 0.3 is 0 Å². The Balaban J connectivity index is 1.88. The number of hydrogen-bond acceptors (Lipinski definition) is 6. The number of nitrogens with two attached hydrogens (primary N) is 2. The van der Waals surface area contributed by atoms with E-state index in [2.05, 4.69) is 16.9 Å². The number of hydrogen-bond donors (Lipinski definition) is 2. The van der Waals surface area contributed by atoms with Gasteiger partial charge in [-0.2, -0.15) is 0 Å². The maximum Gasteiger partial charge on any atom is 0.233 e. The molecule has 110 valence electrons. The van der Waals surface area contributed by atoms with E-state index in [9.17, 15) is 4.79 Å². The molecule has 1 aromatic heterocycles. The lowest BCUT2D eigenvalue weighted by Gasteiger charge is -2.21. The molecule has 1 aliphatic carbocycles. The van der Waals surface area contributed by atoms with E-state index in [0.717, 1.165) is 19.5 Å². The highest BCUT2D eigenvalue weighted by atomic mass is 32.2. The van der Waals surface area contributed by atoms with Crippen molar-refractivity contribution >= 4 is 29.3 Å². The largest absolute Gasteiger partial charge is 0.383 e. The van der Waals surface area contributed by atoms with E-state index in [0.29, 0.717) is 28.5 Å². The monoisotopic (exact) mass is 295 g/mol. The topological polar surface area (TPSA) is 98.1 Å². The molecule has 1 saturated carbocycles. The molecule has 20 heavy (non-hydrogen) atoms. The minimum absolute atomic E-state index is 0.133. The molecule has 0 bridgehead atoms. The number of nitrogens with zero attached hydrogens (tertiary/aromatic N) is 3. The molecule has 0 atom stereocenters. The van der Waals surface area contributed by atoms with Gasteiger partial charge in [-0.1, -0.05) is 18.7 Å². The summed E-state index contributed by atoms with van der Waals surface area (Å²) in [5.74, 6) is 1.82. The predicted molar refractivity (Wildman–Crippen MR) is 81.2 cm³/mol. The highest BCUT2D eigenvalue weighted by Crippen LogP contribution is 2.30. The Morgan fingerprint density at radius 2 is 2.05 bits per heavy atom. The van der Waals surface area contributed by atoms with Crippen LogP contribution in [0.4, 0.5) is 11.6 Å². The van der Waals surface area contributed by atoms with Crippen LogP contribution in [0.5, 0.6) is 0 Å². The summed E-state index contributed by atoms with van der Waals surface area (Å²) in [6.07, 6.45) is 3.47. The van der Waals surface area contributed by atoms with Gasteiger partial charge in [0.25, 0.3) is 0 Å². The van der Waals surface area contributed by atoms with Crippen LogP contribution in [0.3, 0.4) is 0 Å². The van der Waals surface area contributed by atoms with Gasteiger partial charge < -0.3 is 16.4 Å². The molecule has 1 aromatic rings. The fourth-order valence-electron chi connectivity index (χ4n) is 1.94. The Bertz CT molecular complexity index is 458. The molecule has 1 aliphatic rings. The average Bonchev–Trinajstić information content (AvgIpc) is 3.18. The van der Waals surface area contributed by atoms with Crippen molar-refractivity contribution in [3.05, 3.63) is 6.07 Å². The zero-order valence-electron chi connectivity index (χ0n) is 11.7. The van der Waals surface area contributed by atoms with Gasteiger partial charge in [0.2, 0.25) is 5.91 Å². The van der Waals surface area contributed by atoms with Gasteiger partial charge in [0.15, 0.2) is 5.16 Å². The average molecular weight is 295 g/mol. The quantitative estimate of drug-likeness (QED) is 0.582. The second kappa shape index (κ2) is 6.78. The lowest BCUT2D eigenvalue weighted by molar-refractivity contribution is -0.128. The van der Waals surface area contributed by atoms with Gasteiger partial charge in [0, 0.05) is 19.2 Å². The van der Waals surface area contributed by atoms with Crippen molar-refractivity contribution in [1.82, 2.24) is 14.9 Å². The van der Waals surface area contributed by atoms with Crippen LogP contribution in [0, 0.1) is 5.92 Å². The number of carbonyl (C=O) groups excluding carboxylic acids is 1. The van der Waals surface area contributed by atoms with Crippen LogP contribution in [0.1, 0.15) is 26.2 Å². The number of anilines is 2. The first kappa shape index (κ1) is 14.9. The third kappa shape index (κ3) is 4.56. The van der Waals surface area contributed by atoms with Crippen molar-refractivity contribution in [2.45, 2.75) is 31.3 Å². The third-order valence-corrected chi connectivity index (χ3v) is 3.92. The van der Waals surface area contributed by atoms with Gasteiger partial charge in [0.1, 0.15) is 11.6 Å². The summed E-state index contributed by atoms with van der Waals surface area (Å²) in [5, 5.41) is 0.457. The Morgan fingerprint density at radius 3 is 2.60 bits per heavy atom. The fourth-order valence-corrected chi connectivity index (χ4v) is 2.72. The fraction of sp³-hybridized carbons (Fsp3) is 0.615. The second-order valence-electron chi connectivity index (χ2n) is 5.07. The number of thioether (sulfide) groups is 1. The summed E-state index contributed by atoms with van der Waals surface area (Å²) < 4.78 is 0. The van der Waals surface area contributed by atoms with Crippen molar-refractivity contribution in [1.29, 1.82) is 0 Å². The molecule has 4 N–H and O–H groups in total. The maximum absolute atomic E-state index is 12.2. The van der Waals surface area contributed by atoms with Crippen LogP contribution in [0.15, 0.2) is 11.2 Å². The normalized spacial score (nSPS) is 14.2. The van der Waals surface area contributed by atoms with E-state index < -0.39 is 0 Å².